The number of fused-ring (bicyclic) bond motifs is 1. The van der Waals surface area contributed by atoms with Crippen molar-refractivity contribution in [2.75, 3.05) is 0 Å². The molecule has 12 heavy (non-hydrogen) atoms. The van der Waals surface area contributed by atoms with Gasteiger partial charge in [0.05, 0.1) is 5.71 Å². The van der Waals surface area contributed by atoms with Crippen LogP contribution in [0.25, 0.3) is 0 Å². The number of carbonyl (C=O) groups excluding carboxylic acids is 1. The Kier molecular flexibility index (Phi) is 1.62. The number of allylic oxidation sites excluding steroid dienone is 3. The summed E-state index contributed by atoms with van der Waals surface area (Å²) in [6.07, 6.45) is 4.95. The van der Waals surface area contributed by atoms with Gasteiger partial charge in [-0.2, -0.15) is 0 Å². The van der Waals surface area contributed by atoms with Crippen molar-refractivity contribution in [1.82, 2.24) is 0 Å². The number of nitrogens with zero attached hydrogens (tertiary/aromatic N) is 3. The van der Waals surface area contributed by atoms with E-state index in [-0.39, 0.29) is 5.91 Å². The Morgan fingerprint density at radius 1 is 1.42 bits per heavy atom. The molecule has 1 unspecified atom stereocenters. The monoisotopic (exact) mass is 181 g/mol. The van der Waals surface area contributed by atoms with E-state index in [4.69, 9.17) is 11.6 Å². The number of carbonyl (C=O) groups is 1. The summed E-state index contributed by atoms with van der Waals surface area (Å²) in [5, 5.41) is 10.8. The average molecular weight is 182 g/mol. The number of amides is 1. The Bertz CT molecular complexity index is 354. The quantitative estimate of drug-likeness (QED) is 0.561. The zero-order valence-electron chi connectivity index (χ0n) is 5.94. The summed E-state index contributed by atoms with van der Waals surface area (Å²) >= 11 is 5.70. The Morgan fingerprint density at radius 2 is 2.25 bits per heavy atom. The fourth-order valence-electron chi connectivity index (χ4n) is 1.04. The van der Waals surface area contributed by atoms with Gasteiger partial charge in [-0.15, -0.1) is 5.10 Å². The molecule has 0 aromatic rings. The number of hydrogen-bond acceptors (Lipinski definition) is 3. The second-order valence-electron chi connectivity index (χ2n) is 2.42. The minimum atomic E-state index is -0.431. The lowest BCUT2D eigenvalue weighted by molar-refractivity contribution is -0.119. The first kappa shape index (κ1) is 7.36. The SMILES string of the molecule is O=C1N=NN=C2C=CC(Cl)=CC12. The van der Waals surface area contributed by atoms with E-state index in [1.807, 2.05) is 0 Å². The van der Waals surface area contributed by atoms with Crippen LogP contribution < -0.4 is 0 Å². The predicted molar refractivity (Wildman–Crippen MR) is 43.9 cm³/mol. The van der Waals surface area contributed by atoms with Gasteiger partial charge in [-0.3, -0.25) is 4.79 Å². The molecule has 2 rings (SSSR count). The largest absolute Gasteiger partial charge is 0.279 e. The van der Waals surface area contributed by atoms with Crippen LogP contribution in [0.5, 0.6) is 0 Å². The summed E-state index contributed by atoms with van der Waals surface area (Å²) in [7, 11) is 0. The third-order valence-corrected chi connectivity index (χ3v) is 1.88. The number of halogens is 1. The molecule has 4 nitrogen and oxygen atoms in total. The Morgan fingerprint density at radius 3 is 3.08 bits per heavy atom. The molecule has 0 radical (unpaired) electrons. The van der Waals surface area contributed by atoms with Crippen molar-refractivity contribution < 1.29 is 4.79 Å². The van der Waals surface area contributed by atoms with Gasteiger partial charge in [0.25, 0.3) is 5.91 Å². The second-order valence-corrected chi connectivity index (χ2v) is 2.85. The molecule has 60 valence electrons. The fraction of sp³-hybridized carbons (Fsp3) is 0.143. The van der Waals surface area contributed by atoms with Crippen molar-refractivity contribution in [2.24, 2.45) is 21.4 Å². The van der Waals surface area contributed by atoms with E-state index in [1.54, 1.807) is 18.2 Å². The van der Waals surface area contributed by atoms with Crippen LogP contribution in [0.3, 0.4) is 0 Å². The molecule has 5 heteroatoms. The van der Waals surface area contributed by atoms with E-state index in [2.05, 4.69) is 15.4 Å². The highest BCUT2D eigenvalue weighted by atomic mass is 35.5. The maximum Gasteiger partial charge on any atom is 0.279 e. The number of rotatable bonds is 0. The first-order chi connectivity index (χ1) is 5.77. The lowest BCUT2D eigenvalue weighted by Crippen LogP contribution is -2.23. The second kappa shape index (κ2) is 2.64. The molecule has 0 aromatic heterocycles. The van der Waals surface area contributed by atoms with Gasteiger partial charge in [-0.1, -0.05) is 16.7 Å². The summed E-state index contributed by atoms with van der Waals surface area (Å²) in [4.78, 5) is 11.1. The van der Waals surface area contributed by atoms with Crippen LogP contribution in [0, 0.1) is 5.92 Å². The van der Waals surface area contributed by atoms with Crippen molar-refractivity contribution in [1.29, 1.82) is 0 Å². The van der Waals surface area contributed by atoms with E-state index < -0.39 is 5.92 Å². The van der Waals surface area contributed by atoms with Gasteiger partial charge in [0, 0.05) is 5.03 Å². The van der Waals surface area contributed by atoms with Gasteiger partial charge in [-0.05, 0) is 23.5 Å². The molecule has 0 spiro atoms. The van der Waals surface area contributed by atoms with Crippen LogP contribution in [-0.4, -0.2) is 11.6 Å². The predicted octanol–water partition coefficient (Wildman–Crippen LogP) is 1.64. The Hall–Kier alpha value is -1.29. The third-order valence-electron chi connectivity index (χ3n) is 1.63. The van der Waals surface area contributed by atoms with Gasteiger partial charge in [-0.25, -0.2) is 0 Å². The molecule has 0 fully saturated rings. The third kappa shape index (κ3) is 1.10. The van der Waals surface area contributed by atoms with Gasteiger partial charge >= 0.3 is 0 Å². The van der Waals surface area contributed by atoms with E-state index in [1.165, 1.54) is 0 Å². The molecule has 0 N–H and O–H groups in total. The fourth-order valence-corrected chi connectivity index (χ4v) is 1.23. The Balaban J connectivity index is 2.43. The van der Waals surface area contributed by atoms with Crippen LogP contribution in [-0.2, 0) is 4.79 Å². The minimum absolute atomic E-state index is 0.317. The molecule has 1 heterocycles. The van der Waals surface area contributed by atoms with Crippen LogP contribution in [0.2, 0.25) is 0 Å². The van der Waals surface area contributed by atoms with Gasteiger partial charge in [0.15, 0.2) is 0 Å². The molecule has 0 aromatic carbocycles. The van der Waals surface area contributed by atoms with Gasteiger partial charge in [0.2, 0.25) is 0 Å². The number of hydrogen-bond donors (Lipinski definition) is 0. The lowest BCUT2D eigenvalue weighted by Gasteiger charge is -2.13. The lowest BCUT2D eigenvalue weighted by atomic mass is 9.98. The first-order valence-corrected chi connectivity index (χ1v) is 3.73. The Labute approximate surface area is 73.3 Å². The first-order valence-electron chi connectivity index (χ1n) is 3.35. The maximum atomic E-state index is 11.1. The smallest absolute Gasteiger partial charge is 0.270 e. The van der Waals surface area contributed by atoms with Crippen LogP contribution >= 0.6 is 11.6 Å². The van der Waals surface area contributed by atoms with E-state index in [0.717, 1.165) is 0 Å². The zero-order valence-corrected chi connectivity index (χ0v) is 6.69. The molecule has 1 aliphatic heterocycles. The summed E-state index contributed by atoms with van der Waals surface area (Å²) in [6, 6.07) is 0. The highest BCUT2D eigenvalue weighted by molar-refractivity contribution is 6.33. The minimum Gasteiger partial charge on any atom is -0.270 e. The van der Waals surface area contributed by atoms with Crippen molar-refractivity contribution in [3.63, 3.8) is 0 Å². The van der Waals surface area contributed by atoms with Crippen LogP contribution in [0.15, 0.2) is 38.7 Å². The van der Waals surface area contributed by atoms with E-state index >= 15 is 0 Å². The van der Waals surface area contributed by atoms with Crippen molar-refractivity contribution in [3.8, 4) is 0 Å². The maximum absolute atomic E-state index is 11.1. The molecule has 0 saturated heterocycles. The molecule has 1 amide bonds. The molecule has 1 aliphatic carbocycles. The average Bonchev–Trinajstić information content (AvgIpc) is 2.07. The standard InChI is InChI=1S/C7H4ClN3O/c8-4-1-2-6-5(3-4)7(12)10-11-9-6/h1-3,5H. The van der Waals surface area contributed by atoms with E-state index in [0.29, 0.717) is 10.7 Å². The summed E-state index contributed by atoms with van der Waals surface area (Å²) in [5.41, 5.74) is 0.597. The molecule has 1 atom stereocenters. The molecule has 0 saturated carbocycles. The van der Waals surface area contributed by atoms with Gasteiger partial charge in [0.1, 0.15) is 5.92 Å². The molecular weight excluding hydrogens is 178 g/mol. The summed E-state index contributed by atoms with van der Waals surface area (Å²) in [6.45, 7) is 0. The normalized spacial score (nSPS) is 26.4. The van der Waals surface area contributed by atoms with Crippen molar-refractivity contribution in [3.05, 3.63) is 23.3 Å². The summed E-state index contributed by atoms with van der Waals surface area (Å²) in [5.74, 6) is -0.748. The molecular formula is C7H4ClN3O. The van der Waals surface area contributed by atoms with Crippen LogP contribution in [0.1, 0.15) is 0 Å². The zero-order chi connectivity index (χ0) is 8.55. The van der Waals surface area contributed by atoms with E-state index in [9.17, 15) is 4.79 Å². The highest BCUT2D eigenvalue weighted by Crippen LogP contribution is 2.21. The topological polar surface area (TPSA) is 54.1 Å². The van der Waals surface area contributed by atoms with Crippen LogP contribution in [0.4, 0.5) is 0 Å². The summed E-state index contributed by atoms with van der Waals surface area (Å²) < 4.78 is 0. The van der Waals surface area contributed by atoms with Crippen molar-refractivity contribution in [2.45, 2.75) is 0 Å². The molecule has 0 bridgehead atoms. The molecule has 2 aliphatic rings. The highest BCUT2D eigenvalue weighted by Gasteiger charge is 2.25. The van der Waals surface area contributed by atoms with Crippen molar-refractivity contribution >= 4 is 23.2 Å². The van der Waals surface area contributed by atoms with Gasteiger partial charge < -0.3 is 0 Å².